The van der Waals surface area contributed by atoms with Crippen molar-refractivity contribution in [3.8, 4) is 0 Å². The van der Waals surface area contributed by atoms with Crippen LogP contribution in [0.2, 0.25) is 0 Å². The van der Waals surface area contributed by atoms with Gasteiger partial charge in [0.15, 0.2) is 18.9 Å². The monoisotopic (exact) mass is 288 g/mol. The van der Waals surface area contributed by atoms with Crippen molar-refractivity contribution in [3.05, 3.63) is 0 Å². The molecule has 0 aromatic carbocycles. The summed E-state index contributed by atoms with van der Waals surface area (Å²) in [6.07, 6.45) is 2.84. The van der Waals surface area contributed by atoms with E-state index in [2.05, 4.69) is 0 Å². The fourth-order valence-electron chi connectivity index (χ4n) is 0.764. The third-order valence-electron chi connectivity index (χ3n) is 1.58. The molecule has 0 aromatic heterocycles. The molecule has 3 nitrogen and oxygen atoms in total. The Morgan fingerprint density at radius 2 is 2.00 bits per heavy atom. The molecule has 1 atom stereocenters. The summed E-state index contributed by atoms with van der Waals surface area (Å²) in [5.41, 5.74) is 0. The van der Waals surface area contributed by atoms with E-state index in [9.17, 15) is 13.2 Å². The summed E-state index contributed by atoms with van der Waals surface area (Å²) in [5, 5.41) is 0. The maximum Gasteiger partial charge on any atom is 0.170 e. The normalized spacial score (nSPS) is 21.3. The molecule has 0 aromatic rings. The standard InChI is InChI=1S/C6H9IO3S/c1-11(9,10)6(7)5(8)4-2-3-4/h4,6H,2-3H2,1H3/t6-/m1/s1. The van der Waals surface area contributed by atoms with Crippen molar-refractivity contribution in [2.45, 2.75) is 16.1 Å². The molecule has 1 aliphatic carbocycles. The van der Waals surface area contributed by atoms with Crippen molar-refractivity contribution in [2.24, 2.45) is 5.92 Å². The van der Waals surface area contributed by atoms with E-state index < -0.39 is 13.1 Å². The number of carbonyl (C=O) groups is 1. The number of ketones is 1. The van der Waals surface area contributed by atoms with Crippen LogP contribution in [0.3, 0.4) is 0 Å². The minimum atomic E-state index is -3.17. The molecule has 1 aliphatic rings. The highest BCUT2D eigenvalue weighted by atomic mass is 127. The Labute approximate surface area is 79.6 Å². The lowest BCUT2D eigenvalue weighted by Gasteiger charge is -2.03. The molecule has 0 unspecified atom stereocenters. The zero-order valence-corrected chi connectivity index (χ0v) is 9.05. The quantitative estimate of drug-likeness (QED) is 0.569. The highest BCUT2D eigenvalue weighted by Gasteiger charge is 2.37. The minimum absolute atomic E-state index is 0.0339. The van der Waals surface area contributed by atoms with E-state index in [1.54, 1.807) is 22.6 Å². The van der Waals surface area contributed by atoms with Crippen LogP contribution in [0.4, 0.5) is 0 Å². The Kier molecular flexibility index (Phi) is 2.58. The van der Waals surface area contributed by atoms with E-state index in [-0.39, 0.29) is 11.7 Å². The number of sulfone groups is 1. The van der Waals surface area contributed by atoms with Gasteiger partial charge in [0.05, 0.1) is 0 Å². The van der Waals surface area contributed by atoms with Crippen molar-refractivity contribution >= 4 is 38.2 Å². The molecular weight excluding hydrogens is 279 g/mol. The molecule has 1 saturated carbocycles. The number of halogens is 1. The van der Waals surface area contributed by atoms with Gasteiger partial charge in [0.1, 0.15) is 0 Å². The Bertz CT molecular complexity index is 266. The molecule has 0 spiro atoms. The summed E-state index contributed by atoms with van der Waals surface area (Å²) >= 11 is 1.69. The lowest BCUT2D eigenvalue weighted by molar-refractivity contribution is -0.118. The average Bonchev–Trinajstić information content (AvgIpc) is 2.63. The van der Waals surface area contributed by atoms with E-state index in [1.165, 1.54) is 0 Å². The fraction of sp³-hybridized carbons (Fsp3) is 0.833. The Balaban J connectivity index is 2.67. The van der Waals surface area contributed by atoms with Crippen LogP contribution in [-0.4, -0.2) is 23.7 Å². The second kappa shape index (κ2) is 3.01. The van der Waals surface area contributed by atoms with Crippen LogP contribution >= 0.6 is 22.6 Å². The highest BCUT2D eigenvalue weighted by molar-refractivity contribution is 14.1. The van der Waals surface area contributed by atoms with E-state index in [1.807, 2.05) is 0 Å². The van der Waals surface area contributed by atoms with Crippen LogP contribution < -0.4 is 0 Å². The average molecular weight is 288 g/mol. The Morgan fingerprint density at radius 3 is 2.27 bits per heavy atom. The van der Waals surface area contributed by atoms with E-state index in [0.717, 1.165) is 19.1 Å². The van der Waals surface area contributed by atoms with E-state index in [4.69, 9.17) is 0 Å². The summed E-state index contributed by atoms with van der Waals surface area (Å²) in [6, 6.07) is 0. The van der Waals surface area contributed by atoms with Gasteiger partial charge in [-0.3, -0.25) is 4.79 Å². The van der Waals surface area contributed by atoms with Gasteiger partial charge in [-0.2, -0.15) is 0 Å². The van der Waals surface area contributed by atoms with Crippen LogP contribution in [0.25, 0.3) is 0 Å². The Morgan fingerprint density at radius 1 is 1.55 bits per heavy atom. The Hall–Kier alpha value is 0.350. The molecule has 0 bridgehead atoms. The van der Waals surface area contributed by atoms with Gasteiger partial charge in [0, 0.05) is 12.2 Å². The molecule has 1 fully saturated rings. The van der Waals surface area contributed by atoms with E-state index in [0.29, 0.717) is 0 Å². The predicted molar refractivity (Wildman–Crippen MR) is 50.4 cm³/mol. The first-order valence-corrected chi connectivity index (χ1v) is 6.49. The van der Waals surface area contributed by atoms with Gasteiger partial charge < -0.3 is 0 Å². The van der Waals surface area contributed by atoms with Crippen LogP contribution in [0.1, 0.15) is 12.8 Å². The largest absolute Gasteiger partial charge is 0.297 e. The van der Waals surface area contributed by atoms with Crippen molar-refractivity contribution in [1.29, 1.82) is 0 Å². The molecule has 0 saturated heterocycles. The van der Waals surface area contributed by atoms with Gasteiger partial charge in [0.25, 0.3) is 0 Å². The fourth-order valence-corrected chi connectivity index (χ4v) is 1.89. The van der Waals surface area contributed by atoms with Crippen molar-refractivity contribution in [1.82, 2.24) is 0 Å². The molecule has 1 rings (SSSR count). The van der Waals surface area contributed by atoms with Gasteiger partial charge in [0.2, 0.25) is 0 Å². The topological polar surface area (TPSA) is 51.2 Å². The van der Waals surface area contributed by atoms with Gasteiger partial charge in [-0.25, -0.2) is 8.42 Å². The number of hydrogen-bond acceptors (Lipinski definition) is 3. The first-order valence-electron chi connectivity index (χ1n) is 3.29. The molecular formula is C6H9IO3S. The molecule has 11 heavy (non-hydrogen) atoms. The van der Waals surface area contributed by atoms with Crippen molar-refractivity contribution in [2.75, 3.05) is 6.26 Å². The van der Waals surface area contributed by atoms with Crippen LogP contribution in [0.15, 0.2) is 0 Å². The van der Waals surface area contributed by atoms with Crippen molar-refractivity contribution < 1.29 is 13.2 Å². The second-order valence-electron chi connectivity index (χ2n) is 2.82. The van der Waals surface area contributed by atoms with Crippen LogP contribution in [0.5, 0.6) is 0 Å². The molecule has 0 radical (unpaired) electrons. The maximum absolute atomic E-state index is 11.2. The van der Waals surface area contributed by atoms with Crippen molar-refractivity contribution in [3.63, 3.8) is 0 Å². The van der Waals surface area contributed by atoms with Gasteiger partial charge in [-0.1, -0.05) is 22.6 Å². The molecule has 5 heteroatoms. The summed E-state index contributed by atoms with van der Waals surface area (Å²) in [7, 11) is -3.17. The molecule has 0 heterocycles. The first-order chi connectivity index (χ1) is 4.93. The van der Waals surface area contributed by atoms with Crippen LogP contribution in [-0.2, 0) is 14.6 Å². The molecule has 0 N–H and O–H groups in total. The second-order valence-corrected chi connectivity index (χ2v) is 7.04. The number of carbonyl (C=O) groups excluding carboxylic acids is 1. The smallest absolute Gasteiger partial charge is 0.170 e. The summed E-state index contributed by atoms with van der Waals surface area (Å²) in [6.45, 7) is 0. The number of Topliss-reactive ketones (excluding diaryl/α,β-unsaturated/α-hetero) is 1. The van der Waals surface area contributed by atoms with Gasteiger partial charge in [-0.15, -0.1) is 0 Å². The molecule has 0 aliphatic heterocycles. The zero-order chi connectivity index (χ0) is 8.65. The third-order valence-corrected chi connectivity index (χ3v) is 5.95. The third kappa shape index (κ3) is 2.40. The maximum atomic E-state index is 11.2. The number of hydrogen-bond donors (Lipinski definition) is 0. The lowest BCUT2D eigenvalue weighted by Crippen LogP contribution is -2.24. The number of rotatable bonds is 3. The number of alkyl halides is 1. The zero-order valence-electron chi connectivity index (χ0n) is 6.08. The molecule has 0 amide bonds. The van der Waals surface area contributed by atoms with Gasteiger partial charge in [-0.05, 0) is 12.8 Å². The molecule has 64 valence electrons. The summed E-state index contributed by atoms with van der Waals surface area (Å²) in [5.74, 6) is -0.0836. The SMILES string of the molecule is CS(=O)(=O)[C@@H](I)C(=O)C1CC1. The predicted octanol–water partition coefficient (Wildman–Crippen LogP) is 0.771. The minimum Gasteiger partial charge on any atom is -0.297 e. The van der Waals surface area contributed by atoms with Gasteiger partial charge >= 0.3 is 0 Å². The first kappa shape index (κ1) is 9.44. The van der Waals surface area contributed by atoms with E-state index >= 15 is 0 Å². The van der Waals surface area contributed by atoms with Crippen LogP contribution in [0, 0.1) is 5.92 Å². The highest BCUT2D eigenvalue weighted by Crippen LogP contribution is 2.33. The summed E-state index contributed by atoms with van der Waals surface area (Å²) < 4.78 is 20.9. The lowest BCUT2D eigenvalue weighted by atomic mass is 10.3. The summed E-state index contributed by atoms with van der Waals surface area (Å²) in [4.78, 5) is 11.2.